The van der Waals surface area contributed by atoms with Crippen LogP contribution in [0.3, 0.4) is 0 Å². The van der Waals surface area contributed by atoms with E-state index in [1.165, 1.54) is 11.3 Å². The summed E-state index contributed by atoms with van der Waals surface area (Å²) in [7, 11) is 0. The predicted molar refractivity (Wildman–Crippen MR) is 190 cm³/mol. The Kier molecular flexibility index (Phi) is 10.5. The highest BCUT2D eigenvalue weighted by Crippen LogP contribution is 2.36. The van der Waals surface area contributed by atoms with Crippen molar-refractivity contribution in [3.63, 3.8) is 0 Å². The molecule has 0 aliphatic carbocycles. The van der Waals surface area contributed by atoms with Gasteiger partial charge in [-0.3, -0.25) is 9.36 Å². The third-order valence-corrected chi connectivity index (χ3v) is 9.33. The highest BCUT2D eigenvalue weighted by Gasteiger charge is 2.35. The maximum absolute atomic E-state index is 14.3. The van der Waals surface area contributed by atoms with Crippen LogP contribution in [0.5, 0.6) is 11.5 Å². The highest BCUT2D eigenvalue weighted by molar-refractivity contribution is 14.1. The van der Waals surface area contributed by atoms with E-state index < -0.39 is 12.0 Å². The first-order valence-electron chi connectivity index (χ1n) is 14.2. The maximum Gasteiger partial charge on any atom is 0.338 e. The van der Waals surface area contributed by atoms with Crippen LogP contribution in [-0.2, 0) is 16.1 Å². The fraction of sp³-hybridized carbons (Fsp3) is 0.235. The van der Waals surface area contributed by atoms with E-state index in [9.17, 15) is 14.9 Å². The van der Waals surface area contributed by atoms with Gasteiger partial charge in [0.25, 0.3) is 5.56 Å². The van der Waals surface area contributed by atoms with E-state index in [-0.39, 0.29) is 24.9 Å². The molecule has 1 aliphatic heterocycles. The van der Waals surface area contributed by atoms with Gasteiger partial charge >= 0.3 is 5.97 Å². The number of nitriles is 1. The summed E-state index contributed by atoms with van der Waals surface area (Å²) in [6.07, 6.45) is 1.68. The quantitative estimate of drug-likeness (QED) is 0.146. The first-order valence-corrected chi connectivity index (χ1v) is 17.1. The molecule has 2 heterocycles. The van der Waals surface area contributed by atoms with Crippen LogP contribution in [0, 0.1) is 18.5 Å². The number of fused-ring (bicyclic) bond motifs is 1. The Balaban J connectivity index is 1.68. The van der Waals surface area contributed by atoms with E-state index in [4.69, 9.17) is 19.2 Å². The third-order valence-electron chi connectivity index (χ3n) is 6.93. The summed E-state index contributed by atoms with van der Waals surface area (Å²) >= 11 is 5.70. The van der Waals surface area contributed by atoms with Gasteiger partial charge in [0.2, 0.25) is 0 Å². The van der Waals surface area contributed by atoms with Gasteiger partial charge in [0, 0.05) is 20.3 Å². The Labute approximate surface area is 292 Å². The van der Waals surface area contributed by atoms with Gasteiger partial charge in [-0.05, 0) is 103 Å². The zero-order valence-corrected chi connectivity index (χ0v) is 30.1. The van der Waals surface area contributed by atoms with Crippen molar-refractivity contribution in [3.05, 3.63) is 121 Å². The minimum absolute atomic E-state index is 0.125. The second-order valence-electron chi connectivity index (χ2n) is 10.4. The van der Waals surface area contributed by atoms with E-state index >= 15 is 0 Å². The fourth-order valence-electron chi connectivity index (χ4n) is 5.04. The maximum atomic E-state index is 14.3. The molecule has 0 N–H and O–H groups in total. The van der Waals surface area contributed by atoms with Crippen molar-refractivity contribution < 1.29 is 19.0 Å². The number of thiazole rings is 1. The first kappa shape index (κ1) is 32.9. The molecule has 8 nitrogen and oxygen atoms in total. The monoisotopic (exact) mass is 845 g/mol. The number of para-hydroxylation sites is 1. The van der Waals surface area contributed by atoms with Crippen LogP contribution >= 0.6 is 56.5 Å². The molecule has 11 heteroatoms. The average molecular weight is 845 g/mol. The van der Waals surface area contributed by atoms with Crippen molar-refractivity contribution in [2.75, 3.05) is 6.61 Å². The second-order valence-corrected chi connectivity index (χ2v) is 13.8. The topological polar surface area (TPSA) is 103 Å². The van der Waals surface area contributed by atoms with Crippen LogP contribution in [0.2, 0.25) is 0 Å². The van der Waals surface area contributed by atoms with Crippen molar-refractivity contribution in [2.24, 2.45) is 4.99 Å². The number of ether oxygens (including phenoxy) is 3. The number of benzene rings is 3. The number of carbonyl (C=O) groups is 1. The Morgan fingerprint density at radius 1 is 1.16 bits per heavy atom. The molecule has 0 amide bonds. The van der Waals surface area contributed by atoms with Crippen LogP contribution in [0.15, 0.2) is 81.7 Å². The summed E-state index contributed by atoms with van der Waals surface area (Å²) in [4.78, 5) is 32.8. The Morgan fingerprint density at radius 3 is 2.62 bits per heavy atom. The van der Waals surface area contributed by atoms with E-state index in [1.807, 2.05) is 68.4 Å². The smallest absolute Gasteiger partial charge is 0.338 e. The molecule has 3 aromatic carbocycles. The summed E-state index contributed by atoms with van der Waals surface area (Å²) in [5.41, 5.74) is 3.17. The number of hydrogen-bond donors (Lipinski definition) is 0. The molecule has 0 bridgehead atoms. The molecule has 0 fully saturated rings. The molecule has 1 atom stereocenters. The average Bonchev–Trinajstić information content (AvgIpc) is 3.30. The number of nitrogens with zero attached hydrogens (tertiary/aromatic N) is 3. The normalized spacial score (nSPS) is 14.5. The number of aromatic nitrogens is 1. The Bertz CT molecular complexity index is 2040. The lowest BCUT2D eigenvalue weighted by atomic mass is 9.95. The summed E-state index contributed by atoms with van der Waals surface area (Å²) < 4.78 is 21.7. The van der Waals surface area contributed by atoms with Gasteiger partial charge in [-0.2, -0.15) is 5.26 Å². The Hall–Kier alpha value is -3.48. The van der Waals surface area contributed by atoms with Crippen molar-refractivity contribution in [1.29, 1.82) is 5.26 Å². The van der Waals surface area contributed by atoms with Gasteiger partial charge < -0.3 is 14.2 Å². The zero-order chi connectivity index (χ0) is 32.2. The number of hydrogen-bond acceptors (Lipinski definition) is 8. The lowest BCUT2D eigenvalue weighted by Crippen LogP contribution is -2.40. The zero-order valence-electron chi connectivity index (χ0n) is 25.0. The standard InChI is InChI=1S/C34H29I2N3O5S/c1-5-42-33(41)29-20(4)38-34-39(30(29)25-12-8-9-13-27(25)44-19(2)3)32(40)28(45-34)15-23-14-24(35)16-26(36)31(23)43-18-22-11-7-6-10-21(22)17-37/h6-16,19,30H,5,18H2,1-4H3/b28-15-/t30-/m1/s1. The molecule has 1 aliphatic rings. The second kappa shape index (κ2) is 14.3. The van der Waals surface area contributed by atoms with E-state index in [1.54, 1.807) is 30.6 Å². The van der Waals surface area contributed by atoms with Gasteiger partial charge in [0.05, 0.1) is 43.7 Å². The molecule has 45 heavy (non-hydrogen) atoms. The van der Waals surface area contributed by atoms with Crippen molar-refractivity contribution in [1.82, 2.24) is 4.57 Å². The molecule has 0 unspecified atom stereocenters. The molecule has 0 spiro atoms. The van der Waals surface area contributed by atoms with Gasteiger partial charge in [-0.15, -0.1) is 0 Å². The van der Waals surface area contributed by atoms with Crippen molar-refractivity contribution in [3.8, 4) is 17.6 Å². The summed E-state index contributed by atoms with van der Waals surface area (Å²) in [5, 5.41) is 9.53. The molecule has 0 saturated carbocycles. The van der Waals surface area contributed by atoms with Gasteiger partial charge in [0.1, 0.15) is 24.1 Å². The molecule has 5 rings (SSSR count). The molecular formula is C34H29I2N3O5S. The SMILES string of the molecule is CCOC(=O)C1=C(C)N=c2s/c(=C\c3cc(I)cc(I)c3OCc3ccccc3C#N)c(=O)n2[C@@H]1c1ccccc1OC(C)C. The van der Waals surface area contributed by atoms with Crippen LogP contribution in [0.25, 0.3) is 6.08 Å². The number of rotatable bonds is 9. The molecule has 0 saturated heterocycles. The Morgan fingerprint density at radius 2 is 1.89 bits per heavy atom. The van der Waals surface area contributed by atoms with Crippen LogP contribution in [0.4, 0.5) is 0 Å². The van der Waals surface area contributed by atoms with Gasteiger partial charge in [-0.25, -0.2) is 9.79 Å². The summed E-state index contributed by atoms with van der Waals surface area (Å²) in [6, 6.07) is 20.1. The number of allylic oxidation sites excluding steroid dienone is 1. The summed E-state index contributed by atoms with van der Waals surface area (Å²) in [6.45, 7) is 7.73. The lowest BCUT2D eigenvalue weighted by molar-refractivity contribution is -0.139. The number of carbonyl (C=O) groups excluding carboxylic acids is 1. The minimum atomic E-state index is -0.799. The van der Waals surface area contributed by atoms with Crippen LogP contribution in [0.1, 0.15) is 56.0 Å². The number of halogens is 2. The van der Waals surface area contributed by atoms with Crippen LogP contribution in [-0.4, -0.2) is 23.2 Å². The number of esters is 1. The molecule has 1 aromatic heterocycles. The lowest BCUT2D eigenvalue weighted by Gasteiger charge is -2.26. The minimum Gasteiger partial charge on any atom is -0.491 e. The fourth-order valence-corrected chi connectivity index (χ4v) is 8.12. The van der Waals surface area contributed by atoms with Gasteiger partial charge in [-0.1, -0.05) is 47.7 Å². The van der Waals surface area contributed by atoms with E-state index in [2.05, 4.69) is 51.3 Å². The van der Waals surface area contributed by atoms with E-state index in [0.29, 0.717) is 48.8 Å². The highest BCUT2D eigenvalue weighted by atomic mass is 127. The van der Waals surface area contributed by atoms with E-state index in [0.717, 1.165) is 12.7 Å². The summed E-state index contributed by atoms with van der Waals surface area (Å²) in [5.74, 6) is 0.646. The molecule has 0 radical (unpaired) electrons. The molecular weight excluding hydrogens is 816 g/mol. The van der Waals surface area contributed by atoms with Crippen LogP contribution < -0.4 is 24.4 Å². The molecule has 230 valence electrons. The van der Waals surface area contributed by atoms with Crippen molar-refractivity contribution >= 4 is 68.6 Å². The predicted octanol–water partition coefficient (Wildman–Crippen LogP) is 6.25. The van der Waals surface area contributed by atoms with Crippen molar-refractivity contribution in [2.45, 2.75) is 46.4 Å². The largest absolute Gasteiger partial charge is 0.491 e. The molecule has 4 aromatic rings. The third kappa shape index (κ3) is 7.02. The van der Waals surface area contributed by atoms with Gasteiger partial charge in [0.15, 0.2) is 4.80 Å². The first-order chi connectivity index (χ1) is 21.6.